The maximum Gasteiger partial charge on any atom is 0.224 e. The fraction of sp³-hybridized carbons (Fsp3) is 0.158. The van der Waals surface area contributed by atoms with Crippen LogP contribution >= 0.6 is 11.8 Å². The fourth-order valence-electron chi connectivity index (χ4n) is 2.35. The van der Waals surface area contributed by atoms with Crippen molar-refractivity contribution in [3.05, 3.63) is 66.4 Å². The lowest BCUT2D eigenvalue weighted by molar-refractivity contribution is -0.116. The Morgan fingerprint density at radius 2 is 1.96 bits per heavy atom. The van der Waals surface area contributed by atoms with Crippen LogP contribution in [-0.2, 0) is 11.2 Å². The smallest absolute Gasteiger partial charge is 0.224 e. The number of amides is 1. The van der Waals surface area contributed by atoms with Crippen LogP contribution in [0.4, 0.5) is 10.1 Å². The fourth-order valence-corrected chi connectivity index (χ4v) is 2.91. The van der Waals surface area contributed by atoms with E-state index in [9.17, 15) is 9.18 Å². The van der Waals surface area contributed by atoms with Gasteiger partial charge in [-0.15, -0.1) is 11.8 Å². The summed E-state index contributed by atoms with van der Waals surface area (Å²) >= 11 is 1.58. The summed E-state index contributed by atoms with van der Waals surface area (Å²) in [7, 11) is 0. The van der Waals surface area contributed by atoms with Crippen molar-refractivity contribution < 1.29 is 13.6 Å². The number of benzene rings is 2. The molecule has 0 bridgehead atoms. The van der Waals surface area contributed by atoms with Crippen LogP contribution in [0.25, 0.3) is 11.3 Å². The van der Waals surface area contributed by atoms with Crippen LogP contribution in [-0.4, -0.2) is 17.1 Å². The first-order valence-electron chi connectivity index (χ1n) is 7.79. The Kier molecular flexibility index (Phi) is 5.50. The Balaban J connectivity index is 1.58. The van der Waals surface area contributed by atoms with Crippen molar-refractivity contribution in [1.29, 1.82) is 0 Å². The molecule has 0 aliphatic heterocycles. The number of rotatable bonds is 6. The van der Waals surface area contributed by atoms with Crippen LogP contribution in [0.3, 0.4) is 0 Å². The van der Waals surface area contributed by atoms with Gasteiger partial charge in [0.25, 0.3) is 0 Å². The molecule has 0 aliphatic carbocycles. The van der Waals surface area contributed by atoms with E-state index in [0.29, 0.717) is 18.1 Å². The lowest BCUT2D eigenvalue weighted by Crippen LogP contribution is -2.13. The molecule has 0 spiro atoms. The highest BCUT2D eigenvalue weighted by Crippen LogP contribution is 2.25. The molecule has 128 valence electrons. The number of hydrogen-bond donors (Lipinski definition) is 1. The molecule has 2 aromatic carbocycles. The second-order valence-corrected chi connectivity index (χ2v) is 6.22. The molecule has 0 fully saturated rings. The summed E-state index contributed by atoms with van der Waals surface area (Å²) in [5.74, 6) is 0.643. The van der Waals surface area contributed by atoms with Crippen LogP contribution in [0, 0.1) is 5.82 Å². The van der Waals surface area contributed by atoms with E-state index in [0.717, 1.165) is 16.1 Å². The Morgan fingerprint density at radius 3 is 2.72 bits per heavy atom. The monoisotopic (exact) mass is 356 g/mol. The third-order valence-corrected chi connectivity index (χ3v) is 4.43. The minimum atomic E-state index is -0.300. The number of carbonyl (C=O) groups excluding carboxylic acids is 1. The number of aromatic nitrogens is 1. The van der Waals surface area contributed by atoms with Gasteiger partial charge in [0.1, 0.15) is 5.82 Å². The molecular weight excluding hydrogens is 339 g/mol. The SMILES string of the molecule is CSc1ccccc1NC(=O)CCc1ncc(-c2ccc(F)cc2)o1. The molecule has 3 aromatic rings. The lowest BCUT2D eigenvalue weighted by Gasteiger charge is -2.08. The van der Waals surface area contributed by atoms with Gasteiger partial charge in [-0.25, -0.2) is 9.37 Å². The summed E-state index contributed by atoms with van der Waals surface area (Å²) in [6, 6.07) is 13.7. The first kappa shape index (κ1) is 17.2. The average Bonchev–Trinajstić information content (AvgIpc) is 3.10. The Bertz CT molecular complexity index is 862. The average molecular weight is 356 g/mol. The molecule has 1 heterocycles. The minimum absolute atomic E-state index is 0.0944. The van der Waals surface area contributed by atoms with E-state index in [1.54, 1.807) is 30.1 Å². The van der Waals surface area contributed by atoms with E-state index in [-0.39, 0.29) is 18.1 Å². The molecule has 1 N–H and O–H groups in total. The molecule has 3 rings (SSSR count). The predicted octanol–water partition coefficient (Wildman–Crippen LogP) is 4.77. The quantitative estimate of drug-likeness (QED) is 0.646. The highest BCUT2D eigenvalue weighted by molar-refractivity contribution is 7.98. The van der Waals surface area contributed by atoms with E-state index in [1.165, 1.54) is 12.1 Å². The number of anilines is 1. The first-order chi connectivity index (χ1) is 12.2. The molecule has 0 unspecified atom stereocenters. The topological polar surface area (TPSA) is 55.1 Å². The van der Waals surface area contributed by atoms with Crippen LogP contribution in [0.2, 0.25) is 0 Å². The van der Waals surface area contributed by atoms with Gasteiger partial charge < -0.3 is 9.73 Å². The number of aryl methyl sites for hydroxylation is 1. The molecular formula is C19H17FN2O2S. The van der Waals surface area contributed by atoms with Crippen molar-refractivity contribution in [2.24, 2.45) is 0 Å². The third-order valence-electron chi connectivity index (χ3n) is 3.63. The third kappa shape index (κ3) is 4.48. The Labute approximate surface area is 149 Å². The maximum absolute atomic E-state index is 13.0. The summed E-state index contributed by atoms with van der Waals surface area (Å²) in [5.41, 5.74) is 1.55. The standard InChI is InChI=1S/C19H17FN2O2S/c1-25-17-5-3-2-4-15(17)22-18(23)10-11-19-21-12-16(24-19)13-6-8-14(20)9-7-13/h2-9,12H,10-11H2,1H3,(H,22,23). The van der Waals surface area contributed by atoms with E-state index in [4.69, 9.17) is 4.42 Å². The zero-order valence-electron chi connectivity index (χ0n) is 13.7. The zero-order chi connectivity index (χ0) is 17.6. The normalized spacial score (nSPS) is 10.6. The van der Waals surface area contributed by atoms with Crippen LogP contribution in [0.15, 0.2) is 64.0 Å². The predicted molar refractivity (Wildman–Crippen MR) is 97.1 cm³/mol. The summed E-state index contributed by atoms with van der Waals surface area (Å²) in [5, 5.41) is 2.91. The van der Waals surface area contributed by atoms with Gasteiger partial charge in [0.2, 0.25) is 5.91 Å². The molecule has 4 nitrogen and oxygen atoms in total. The van der Waals surface area contributed by atoms with Gasteiger partial charge in [-0.3, -0.25) is 4.79 Å². The van der Waals surface area contributed by atoms with E-state index >= 15 is 0 Å². The second kappa shape index (κ2) is 7.98. The number of halogens is 1. The van der Waals surface area contributed by atoms with Crippen LogP contribution in [0.5, 0.6) is 0 Å². The highest BCUT2D eigenvalue weighted by Gasteiger charge is 2.10. The minimum Gasteiger partial charge on any atom is -0.441 e. The largest absolute Gasteiger partial charge is 0.441 e. The molecule has 0 saturated carbocycles. The molecule has 0 atom stereocenters. The van der Waals surface area contributed by atoms with Gasteiger partial charge >= 0.3 is 0 Å². The van der Waals surface area contributed by atoms with Crippen molar-refractivity contribution >= 4 is 23.4 Å². The molecule has 0 saturated heterocycles. The van der Waals surface area contributed by atoms with Crippen molar-refractivity contribution in [2.75, 3.05) is 11.6 Å². The first-order valence-corrected chi connectivity index (χ1v) is 9.01. The molecule has 1 amide bonds. The molecule has 0 aliphatic rings. The van der Waals surface area contributed by atoms with Crippen LogP contribution < -0.4 is 5.32 Å². The zero-order valence-corrected chi connectivity index (χ0v) is 14.5. The highest BCUT2D eigenvalue weighted by atomic mass is 32.2. The van der Waals surface area contributed by atoms with Crippen molar-refractivity contribution in [3.63, 3.8) is 0 Å². The van der Waals surface area contributed by atoms with Gasteiger partial charge in [-0.2, -0.15) is 0 Å². The summed E-state index contributed by atoms with van der Waals surface area (Å²) in [6.07, 6.45) is 4.22. The van der Waals surface area contributed by atoms with Gasteiger partial charge in [0, 0.05) is 23.3 Å². The van der Waals surface area contributed by atoms with Gasteiger partial charge in [0.05, 0.1) is 11.9 Å². The summed E-state index contributed by atoms with van der Waals surface area (Å²) in [6.45, 7) is 0. The molecule has 6 heteroatoms. The van der Waals surface area contributed by atoms with Crippen LogP contribution in [0.1, 0.15) is 12.3 Å². The van der Waals surface area contributed by atoms with Gasteiger partial charge in [-0.1, -0.05) is 12.1 Å². The number of para-hydroxylation sites is 1. The number of carbonyl (C=O) groups is 1. The second-order valence-electron chi connectivity index (χ2n) is 5.37. The van der Waals surface area contributed by atoms with E-state index in [2.05, 4.69) is 10.3 Å². The van der Waals surface area contributed by atoms with Crippen molar-refractivity contribution in [2.45, 2.75) is 17.7 Å². The Hall–Kier alpha value is -2.60. The number of hydrogen-bond acceptors (Lipinski definition) is 4. The maximum atomic E-state index is 13.0. The Morgan fingerprint density at radius 1 is 1.20 bits per heavy atom. The number of nitrogens with zero attached hydrogens (tertiary/aromatic N) is 1. The number of oxazole rings is 1. The summed E-state index contributed by atoms with van der Waals surface area (Å²) in [4.78, 5) is 17.3. The van der Waals surface area contributed by atoms with E-state index < -0.39 is 0 Å². The summed E-state index contributed by atoms with van der Waals surface area (Å²) < 4.78 is 18.6. The van der Waals surface area contributed by atoms with E-state index in [1.807, 2.05) is 30.5 Å². The number of nitrogens with one attached hydrogen (secondary N) is 1. The van der Waals surface area contributed by atoms with Crippen molar-refractivity contribution in [1.82, 2.24) is 4.98 Å². The van der Waals surface area contributed by atoms with Crippen molar-refractivity contribution in [3.8, 4) is 11.3 Å². The molecule has 25 heavy (non-hydrogen) atoms. The molecule has 1 aromatic heterocycles. The molecule has 0 radical (unpaired) electrons. The lowest BCUT2D eigenvalue weighted by atomic mass is 10.2. The van der Waals surface area contributed by atoms with Gasteiger partial charge in [0.15, 0.2) is 11.7 Å². The van der Waals surface area contributed by atoms with Gasteiger partial charge in [-0.05, 0) is 42.7 Å². The number of thioether (sulfide) groups is 1.